The molecule has 3 nitrogen and oxygen atoms in total. The molecule has 1 atom stereocenters. The minimum atomic E-state index is 0.182. The first-order valence-corrected chi connectivity index (χ1v) is 6.05. The van der Waals surface area contributed by atoms with Gasteiger partial charge in [-0.25, -0.2) is 0 Å². The highest BCUT2D eigenvalue weighted by Gasteiger charge is 2.17. The minimum Gasteiger partial charge on any atom is -0.383 e. The summed E-state index contributed by atoms with van der Waals surface area (Å²) in [5, 5.41) is 0. The Hall–Kier alpha value is -0.280. The molecule has 0 aromatic rings. The molecule has 0 heterocycles. The normalized spacial score (nSPS) is 12.5. The van der Waals surface area contributed by atoms with Gasteiger partial charge in [0, 0.05) is 32.0 Å². The number of methoxy groups -OCH3 is 1. The lowest BCUT2D eigenvalue weighted by Gasteiger charge is -2.28. The molecule has 0 radical (unpaired) electrons. The van der Waals surface area contributed by atoms with E-state index in [9.17, 15) is 4.79 Å². The number of carbonyl (C=O) groups excluding carboxylic acids is 1. The first-order valence-electron chi connectivity index (χ1n) is 5.51. The number of alkyl halides is 1. The van der Waals surface area contributed by atoms with Gasteiger partial charge < -0.3 is 9.64 Å². The summed E-state index contributed by atoms with van der Waals surface area (Å²) in [5.41, 5.74) is 0. The van der Waals surface area contributed by atoms with E-state index in [1.165, 1.54) is 0 Å². The number of halogens is 1. The average Bonchev–Trinajstić information content (AvgIpc) is 2.26. The molecule has 0 bridgehead atoms. The van der Waals surface area contributed by atoms with Crippen LogP contribution in [0.4, 0.5) is 0 Å². The summed E-state index contributed by atoms with van der Waals surface area (Å²) in [5.74, 6) is 0.728. The van der Waals surface area contributed by atoms with E-state index in [1.54, 1.807) is 7.11 Å². The number of amides is 1. The van der Waals surface area contributed by atoms with E-state index in [1.807, 2.05) is 4.90 Å². The van der Waals surface area contributed by atoms with Gasteiger partial charge in [0.15, 0.2) is 0 Å². The lowest BCUT2D eigenvalue weighted by Crippen LogP contribution is -2.40. The molecule has 4 heteroatoms. The third-order valence-electron chi connectivity index (χ3n) is 2.50. The third-order valence-corrected chi connectivity index (χ3v) is 2.77. The van der Waals surface area contributed by atoms with E-state index in [-0.39, 0.29) is 11.9 Å². The van der Waals surface area contributed by atoms with Crippen LogP contribution >= 0.6 is 11.6 Å². The maximum Gasteiger partial charge on any atom is 0.222 e. The quantitative estimate of drug-likeness (QED) is 0.604. The monoisotopic (exact) mass is 235 g/mol. The Bertz CT molecular complexity index is 176. The number of hydrogen-bond acceptors (Lipinski definition) is 2. The zero-order valence-corrected chi connectivity index (χ0v) is 10.7. The molecule has 0 aromatic heterocycles. The van der Waals surface area contributed by atoms with Crippen molar-refractivity contribution in [3.63, 3.8) is 0 Å². The van der Waals surface area contributed by atoms with E-state index in [0.717, 1.165) is 12.8 Å². The predicted octanol–water partition coefficient (Wildman–Crippen LogP) is 2.28. The van der Waals surface area contributed by atoms with E-state index < -0.39 is 0 Å². The highest BCUT2D eigenvalue weighted by Crippen LogP contribution is 2.07. The summed E-state index contributed by atoms with van der Waals surface area (Å²) >= 11 is 5.57. The molecule has 1 unspecified atom stereocenters. The second-order valence-corrected chi connectivity index (χ2v) is 4.01. The Morgan fingerprint density at radius 2 is 2.20 bits per heavy atom. The van der Waals surface area contributed by atoms with Crippen LogP contribution < -0.4 is 0 Å². The van der Waals surface area contributed by atoms with Gasteiger partial charge in [0.2, 0.25) is 5.91 Å². The molecule has 1 amide bonds. The zero-order chi connectivity index (χ0) is 11.7. The van der Waals surface area contributed by atoms with E-state index in [4.69, 9.17) is 16.3 Å². The molecule has 0 aliphatic carbocycles. The number of carbonyl (C=O) groups is 1. The Labute approximate surface area is 97.7 Å². The van der Waals surface area contributed by atoms with Crippen LogP contribution in [0, 0.1) is 0 Å². The highest BCUT2D eigenvalue weighted by atomic mass is 35.5. The van der Waals surface area contributed by atoms with Crippen molar-refractivity contribution in [1.82, 2.24) is 4.90 Å². The van der Waals surface area contributed by atoms with Gasteiger partial charge >= 0.3 is 0 Å². The molecule has 0 N–H and O–H groups in total. The third kappa shape index (κ3) is 6.00. The van der Waals surface area contributed by atoms with Crippen LogP contribution in [-0.2, 0) is 9.53 Å². The molecular weight excluding hydrogens is 214 g/mol. The Morgan fingerprint density at radius 3 is 2.67 bits per heavy atom. The Balaban J connectivity index is 4.14. The standard InChI is InChI=1S/C11H22ClNO2/c1-4-10(2)13(8-9-15-3)11(14)6-5-7-12/h10H,4-9H2,1-3H3. The average molecular weight is 236 g/mol. The van der Waals surface area contributed by atoms with Crippen molar-refractivity contribution in [2.75, 3.05) is 26.1 Å². The van der Waals surface area contributed by atoms with Gasteiger partial charge in [-0.15, -0.1) is 11.6 Å². The first-order chi connectivity index (χ1) is 7.17. The molecule has 0 rings (SSSR count). The number of hydrogen-bond donors (Lipinski definition) is 0. The van der Waals surface area contributed by atoms with Gasteiger partial charge in [0.25, 0.3) is 0 Å². The van der Waals surface area contributed by atoms with Crippen LogP contribution in [-0.4, -0.2) is 43.0 Å². The van der Waals surface area contributed by atoms with Crippen LogP contribution in [0.15, 0.2) is 0 Å². The maximum atomic E-state index is 11.8. The predicted molar refractivity (Wildman–Crippen MR) is 63.3 cm³/mol. The SMILES string of the molecule is CCC(C)N(CCOC)C(=O)CCCCl. The van der Waals surface area contributed by atoms with Gasteiger partial charge in [-0.3, -0.25) is 4.79 Å². The van der Waals surface area contributed by atoms with Crippen LogP contribution in [0.2, 0.25) is 0 Å². The number of ether oxygens (including phenoxy) is 1. The molecule has 90 valence electrons. The van der Waals surface area contributed by atoms with Crippen LogP contribution in [0.25, 0.3) is 0 Å². The van der Waals surface area contributed by atoms with Crippen molar-refractivity contribution in [1.29, 1.82) is 0 Å². The molecular formula is C11H22ClNO2. The molecule has 0 aliphatic heterocycles. The summed E-state index contributed by atoms with van der Waals surface area (Å²) in [6.07, 6.45) is 2.26. The van der Waals surface area contributed by atoms with E-state index in [2.05, 4.69) is 13.8 Å². The zero-order valence-electron chi connectivity index (χ0n) is 9.96. The summed E-state index contributed by atoms with van der Waals surface area (Å²) in [6.45, 7) is 5.41. The smallest absolute Gasteiger partial charge is 0.222 e. The molecule has 0 aliphatic rings. The summed E-state index contributed by atoms with van der Waals surface area (Å²) < 4.78 is 5.00. The first kappa shape index (κ1) is 14.7. The topological polar surface area (TPSA) is 29.5 Å². The van der Waals surface area contributed by atoms with Crippen molar-refractivity contribution < 1.29 is 9.53 Å². The van der Waals surface area contributed by atoms with Crippen molar-refractivity contribution in [2.24, 2.45) is 0 Å². The molecule has 0 aromatic carbocycles. The lowest BCUT2D eigenvalue weighted by molar-refractivity contribution is -0.134. The van der Waals surface area contributed by atoms with Crippen molar-refractivity contribution in [3.05, 3.63) is 0 Å². The van der Waals surface area contributed by atoms with Crippen LogP contribution in [0.1, 0.15) is 33.1 Å². The second kappa shape index (κ2) is 8.98. The molecule has 0 saturated heterocycles. The number of nitrogens with zero attached hydrogens (tertiary/aromatic N) is 1. The van der Waals surface area contributed by atoms with Crippen LogP contribution in [0.5, 0.6) is 0 Å². The minimum absolute atomic E-state index is 0.182. The molecule has 15 heavy (non-hydrogen) atoms. The van der Waals surface area contributed by atoms with Crippen molar-refractivity contribution in [3.8, 4) is 0 Å². The van der Waals surface area contributed by atoms with Gasteiger partial charge in [0.05, 0.1) is 6.61 Å². The Kier molecular flexibility index (Phi) is 8.82. The largest absolute Gasteiger partial charge is 0.383 e. The fourth-order valence-corrected chi connectivity index (χ4v) is 1.50. The number of rotatable bonds is 8. The second-order valence-electron chi connectivity index (χ2n) is 3.63. The van der Waals surface area contributed by atoms with E-state index >= 15 is 0 Å². The fraction of sp³-hybridized carbons (Fsp3) is 0.909. The summed E-state index contributed by atoms with van der Waals surface area (Å²) in [6, 6.07) is 0.281. The summed E-state index contributed by atoms with van der Waals surface area (Å²) in [4.78, 5) is 13.7. The van der Waals surface area contributed by atoms with Crippen molar-refractivity contribution >= 4 is 17.5 Å². The van der Waals surface area contributed by atoms with Gasteiger partial charge in [-0.05, 0) is 19.8 Å². The summed E-state index contributed by atoms with van der Waals surface area (Å²) in [7, 11) is 1.65. The van der Waals surface area contributed by atoms with Gasteiger partial charge in [-0.2, -0.15) is 0 Å². The lowest BCUT2D eigenvalue weighted by atomic mass is 10.2. The molecule has 0 fully saturated rings. The highest BCUT2D eigenvalue weighted by molar-refractivity contribution is 6.17. The van der Waals surface area contributed by atoms with Gasteiger partial charge in [0.1, 0.15) is 0 Å². The van der Waals surface area contributed by atoms with Crippen LogP contribution in [0.3, 0.4) is 0 Å². The van der Waals surface area contributed by atoms with Crippen molar-refractivity contribution in [2.45, 2.75) is 39.2 Å². The molecule has 0 spiro atoms. The molecule has 0 saturated carbocycles. The van der Waals surface area contributed by atoms with Gasteiger partial charge in [-0.1, -0.05) is 6.92 Å². The maximum absolute atomic E-state index is 11.8. The van der Waals surface area contributed by atoms with E-state index in [0.29, 0.717) is 25.5 Å². The Morgan fingerprint density at radius 1 is 1.53 bits per heavy atom. The fourth-order valence-electron chi connectivity index (χ4n) is 1.36.